The van der Waals surface area contributed by atoms with Crippen LogP contribution in [-0.2, 0) is 63.4 Å². The molecule has 0 heterocycles. The second kappa shape index (κ2) is 58.6. The largest absolute Gasteiger partial charge is 0.465 e. The van der Waals surface area contributed by atoms with Gasteiger partial charge in [-0.05, 0) is 195 Å². The molecule has 24 nitrogen and oxygen atoms in total. The van der Waals surface area contributed by atoms with Crippen LogP contribution in [0.2, 0.25) is 0 Å². The molecule has 0 radical (unpaired) electrons. The molecule has 2 unspecified atom stereocenters. The number of methoxy groups -OCH3 is 6. The lowest BCUT2D eigenvalue weighted by Crippen LogP contribution is -2.31. The third-order valence-electron chi connectivity index (χ3n) is 22.2. The minimum absolute atomic E-state index is 0.0714. The van der Waals surface area contributed by atoms with Crippen LogP contribution >= 0.6 is 0 Å². The third kappa shape index (κ3) is 39.4. The molecule has 0 saturated heterocycles. The van der Waals surface area contributed by atoms with E-state index in [-0.39, 0.29) is 85.3 Å². The van der Waals surface area contributed by atoms with E-state index in [9.17, 15) is 57.5 Å². The van der Waals surface area contributed by atoms with Crippen LogP contribution in [0.1, 0.15) is 335 Å². The van der Waals surface area contributed by atoms with E-state index in [1.807, 2.05) is 37.3 Å². The predicted molar refractivity (Wildman–Crippen MR) is 494 cm³/mol. The van der Waals surface area contributed by atoms with E-state index in [0.29, 0.717) is 54.6 Å². The highest BCUT2D eigenvalue weighted by molar-refractivity contribution is 6.07. The standard InChI is InChI=1S/C28H42O4.C28H46O4.C19H20O4.3C10H10O4/c1-27(2,3)19-11-15-21(16-12-19)31-25(29)23-9-7-8-10-24(23)26(30)32-22-17-13-20(14-18-22)28(4,5)6;1-21(2)11-9-13-23(5)17-19-31-27(29)25-15-7-8-16-26(25)28(30)32-20-18-24(6)14-10-12-22(3)4;1-2-3-13-22-18(20)16-11-7-8-12-17(16)19(21)23-14-15-9-5-4-6-10-15;3*1-13-9(11)7-5-3-4-6-8(7)10(12)14-2/h7-10,19-22H,11-18H2,1-6H3;7-8,15-16,21-24H,9-14,17-20H2,1-6H3;4-12H,2-3,13-14H2,1H3;3*3-6H,1-2H3. The summed E-state index contributed by atoms with van der Waals surface area (Å²) in [5.74, 6) is -2.23. The molecular weight excluding hydrogens is 1650 g/mol. The van der Waals surface area contributed by atoms with Crippen molar-refractivity contribution in [3.05, 3.63) is 248 Å². The first-order valence-corrected chi connectivity index (χ1v) is 44.7. The molecule has 2 atom stereocenters. The molecule has 2 fully saturated rings. The number of carbonyl (C=O) groups is 12. The minimum atomic E-state index is -0.550. The SMILES string of the molecule is CC(C)(C)C1CCC(OC(=O)c2ccccc2C(=O)OC2CCC(C(C)(C)C)CC2)CC1.CC(C)CCCC(C)CCOC(=O)c1ccccc1C(=O)OCCC(C)CCCC(C)C.CCCCOC(=O)c1ccccc1C(=O)OCc1ccccc1.COC(=O)c1ccccc1C(=O)OC.COC(=O)c1ccccc1C(=O)OC.COC(=O)c1ccccc1C(=O)OC. The predicted octanol–water partition coefficient (Wildman–Crippen LogP) is 22.7. The molecule has 0 aromatic heterocycles. The second-order valence-electron chi connectivity index (χ2n) is 35.0. The number of unbranched alkanes of at least 4 members (excludes halogenated alkanes) is 1. The first-order valence-electron chi connectivity index (χ1n) is 44.7. The molecule has 0 amide bonds. The van der Waals surface area contributed by atoms with Crippen molar-refractivity contribution in [2.75, 3.05) is 62.5 Å². The van der Waals surface area contributed by atoms with Crippen LogP contribution in [0.15, 0.2) is 176 Å². The number of carbonyl (C=O) groups excluding carboxylic acids is 12. The van der Waals surface area contributed by atoms with E-state index < -0.39 is 71.6 Å². The summed E-state index contributed by atoms with van der Waals surface area (Å²) in [7, 11) is 7.56. The topological polar surface area (TPSA) is 316 Å². The Balaban J connectivity index is 0.000000336. The normalized spacial score (nSPS) is 14.8. The van der Waals surface area contributed by atoms with E-state index >= 15 is 0 Å². The van der Waals surface area contributed by atoms with Gasteiger partial charge in [0.25, 0.3) is 0 Å². The van der Waals surface area contributed by atoms with Crippen molar-refractivity contribution in [3.8, 4) is 0 Å². The first-order chi connectivity index (χ1) is 61.5. The molecule has 2 aliphatic rings. The van der Waals surface area contributed by atoms with E-state index in [4.69, 9.17) is 28.4 Å². The Bertz CT molecular complexity index is 4250. The number of hydrogen-bond acceptors (Lipinski definition) is 24. The maximum Gasteiger partial charge on any atom is 0.339 e. The van der Waals surface area contributed by atoms with Crippen molar-refractivity contribution in [1.29, 1.82) is 0 Å². The highest BCUT2D eigenvalue weighted by atomic mass is 16.6. The zero-order valence-corrected chi connectivity index (χ0v) is 79.2. The van der Waals surface area contributed by atoms with Gasteiger partial charge in [-0.3, -0.25) is 0 Å². The summed E-state index contributed by atoms with van der Waals surface area (Å²) in [5, 5.41) is 0. The minimum Gasteiger partial charge on any atom is -0.465 e. The zero-order valence-electron chi connectivity index (χ0n) is 79.2. The lowest BCUT2D eigenvalue weighted by molar-refractivity contribution is 0.00499. The van der Waals surface area contributed by atoms with Crippen LogP contribution in [-0.4, -0.2) is 146 Å². The molecule has 0 N–H and O–H groups in total. The zero-order chi connectivity index (χ0) is 95.6. The Labute approximate surface area is 763 Å². The average molecular weight is 1780 g/mol. The first kappa shape index (κ1) is 110. The molecule has 0 spiro atoms. The number of benzene rings is 7. The third-order valence-corrected chi connectivity index (χ3v) is 22.2. The van der Waals surface area contributed by atoms with Crippen LogP contribution in [0.3, 0.4) is 0 Å². The van der Waals surface area contributed by atoms with Gasteiger partial charge in [0.2, 0.25) is 0 Å². The van der Waals surface area contributed by atoms with Gasteiger partial charge in [0.05, 0.1) is 129 Å². The van der Waals surface area contributed by atoms with Gasteiger partial charge in [-0.2, -0.15) is 0 Å². The summed E-state index contributed by atoms with van der Waals surface area (Å²) in [6.07, 6.45) is 18.3. The van der Waals surface area contributed by atoms with E-state index in [0.717, 1.165) is 107 Å². The monoisotopic (exact) mass is 1780 g/mol. The Morgan fingerprint density at radius 1 is 0.271 bits per heavy atom. The molecule has 24 heteroatoms. The lowest BCUT2D eigenvalue weighted by atomic mass is 9.72. The number of ether oxygens (including phenoxy) is 12. The van der Waals surface area contributed by atoms with Gasteiger partial charge < -0.3 is 56.8 Å². The molecule has 0 aliphatic heterocycles. The Hall–Kier alpha value is -11.8. The fraction of sp³-hybridized carbons (Fsp3) is 0.486. The van der Waals surface area contributed by atoms with Crippen molar-refractivity contribution < 1.29 is 114 Å². The van der Waals surface area contributed by atoms with Crippen molar-refractivity contribution in [3.63, 3.8) is 0 Å². The summed E-state index contributed by atoms with van der Waals surface area (Å²) in [6, 6.07) is 48.6. The number of hydrogen-bond donors (Lipinski definition) is 0. The van der Waals surface area contributed by atoms with Crippen molar-refractivity contribution in [2.24, 2.45) is 46.3 Å². The summed E-state index contributed by atoms with van der Waals surface area (Å²) < 4.78 is 60.2. The van der Waals surface area contributed by atoms with Gasteiger partial charge in [0, 0.05) is 0 Å². The van der Waals surface area contributed by atoms with Crippen molar-refractivity contribution in [1.82, 2.24) is 0 Å². The summed E-state index contributed by atoms with van der Waals surface area (Å²) in [6.45, 7) is 30.3. The molecule has 0 bridgehead atoms. The fourth-order valence-corrected chi connectivity index (χ4v) is 14.3. The van der Waals surface area contributed by atoms with Gasteiger partial charge in [0.15, 0.2) is 0 Å². The van der Waals surface area contributed by atoms with Crippen LogP contribution in [0.25, 0.3) is 0 Å². The smallest absolute Gasteiger partial charge is 0.339 e. The molecule has 7 aromatic rings. The fourth-order valence-electron chi connectivity index (χ4n) is 14.3. The highest BCUT2D eigenvalue weighted by Crippen LogP contribution is 2.41. The maximum absolute atomic E-state index is 12.9. The molecule has 2 aliphatic carbocycles. The molecule has 9 rings (SSSR count). The molecule has 702 valence electrons. The van der Waals surface area contributed by atoms with Gasteiger partial charge >= 0.3 is 71.6 Å². The van der Waals surface area contributed by atoms with E-state index in [1.54, 1.807) is 109 Å². The van der Waals surface area contributed by atoms with Crippen LogP contribution in [0.4, 0.5) is 0 Å². The molecule has 129 heavy (non-hydrogen) atoms. The van der Waals surface area contributed by atoms with E-state index in [2.05, 4.69) is 112 Å². The van der Waals surface area contributed by atoms with Gasteiger partial charge in [-0.15, -0.1) is 0 Å². The van der Waals surface area contributed by atoms with Crippen molar-refractivity contribution in [2.45, 2.75) is 224 Å². The molecule has 2 saturated carbocycles. The summed E-state index contributed by atoms with van der Waals surface area (Å²) in [5.41, 5.74) is 4.41. The Kier molecular flexibility index (Phi) is 49.7. The number of rotatable bonds is 33. The van der Waals surface area contributed by atoms with Crippen molar-refractivity contribution >= 4 is 71.6 Å². The Morgan fingerprint density at radius 2 is 0.496 bits per heavy atom. The van der Waals surface area contributed by atoms with Crippen LogP contribution in [0, 0.1) is 46.3 Å². The van der Waals surface area contributed by atoms with Crippen LogP contribution < -0.4 is 0 Å². The van der Waals surface area contributed by atoms with Gasteiger partial charge in [0.1, 0.15) is 18.8 Å². The Morgan fingerprint density at radius 3 is 0.729 bits per heavy atom. The quantitative estimate of drug-likeness (QED) is 0.0209. The lowest BCUT2D eigenvalue weighted by Gasteiger charge is -2.36. The summed E-state index contributed by atoms with van der Waals surface area (Å²) in [4.78, 5) is 143. The maximum atomic E-state index is 12.9. The average Bonchev–Trinajstić information content (AvgIpc) is 0.820. The van der Waals surface area contributed by atoms with E-state index in [1.165, 1.54) is 105 Å². The number of esters is 12. The molecular formula is C105H138O24. The van der Waals surface area contributed by atoms with Gasteiger partial charge in [-0.1, -0.05) is 238 Å². The van der Waals surface area contributed by atoms with Gasteiger partial charge in [-0.25, -0.2) is 57.5 Å². The molecule has 7 aromatic carbocycles. The summed E-state index contributed by atoms with van der Waals surface area (Å²) >= 11 is 0. The highest BCUT2D eigenvalue weighted by Gasteiger charge is 2.35. The second-order valence-corrected chi connectivity index (χ2v) is 35.0. The van der Waals surface area contributed by atoms with Crippen LogP contribution in [0.5, 0.6) is 0 Å².